The molecule has 1 rings (SSSR count). The SMILES string of the molecule is COC1=C[CH]NN1C. The first-order chi connectivity index (χ1) is 3.84. The minimum absolute atomic E-state index is 0.838. The van der Waals surface area contributed by atoms with Gasteiger partial charge in [0.15, 0.2) is 0 Å². The van der Waals surface area contributed by atoms with Crippen molar-refractivity contribution in [1.29, 1.82) is 0 Å². The van der Waals surface area contributed by atoms with Crippen molar-refractivity contribution in [1.82, 2.24) is 10.4 Å². The summed E-state index contributed by atoms with van der Waals surface area (Å²) < 4.78 is 4.92. The van der Waals surface area contributed by atoms with Crippen LogP contribution in [-0.2, 0) is 4.74 Å². The van der Waals surface area contributed by atoms with Crippen molar-refractivity contribution in [2.45, 2.75) is 0 Å². The van der Waals surface area contributed by atoms with Crippen molar-refractivity contribution < 1.29 is 4.74 Å². The molecule has 0 amide bonds. The van der Waals surface area contributed by atoms with Gasteiger partial charge < -0.3 is 4.74 Å². The van der Waals surface area contributed by atoms with Gasteiger partial charge in [-0.2, -0.15) is 0 Å². The summed E-state index contributed by atoms with van der Waals surface area (Å²) in [5.74, 6) is 0.838. The maximum Gasteiger partial charge on any atom is 0.200 e. The highest BCUT2D eigenvalue weighted by Crippen LogP contribution is 2.05. The molecule has 0 unspecified atom stereocenters. The van der Waals surface area contributed by atoms with E-state index in [0.717, 1.165) is 5.88 Å². The maximum atomic E-state index is 4.92. The largest absolute Gasteiger partial charge is 0.482 e. The van der Waals surface area contributed by atoms with E-state index in [1.165, 1.54) is 0 Å². The van der Waals surface area contributed by atoms with Gasteiger partial charge >= 0.3 is 0 Å². The van der Waals surface area contributed by atoms with E-state index in [1.54, 1.807) is 12.1 Å². The molecule has 0 bridgehead atoms. The molecule has 0 aromatic carbocycles. The van der Waals surface area contributed by atoms with E-state index < -0.39 is 0 Å². The fourth-order valence-corrected chi connectivity index (χ4v) is 0.601. The highest BCUT2D eigenvalue weighted by Gasteiger charge is 2.07. The fraction of sp³-hybridized carbons (Fsp3) is 0.400. The van der Waals surface area contributed by atoms with Gasteiger partial charge in [0.1, 0.15) is 0 Å². The predicted molar refractivity (Wildman–Crippen MR) is 30.3 cm³/mol. The molecule has 1 N–H and O–H groups in total. The van der Waals surface area contributed by atoms with Crippen LogP contribution in [0, 0.1) is 6.54 Å². The molecule has 1 radical (unpaired) electrons. The van der Waals surface area contributed by atoms with Gasteiger partial charge in [-0.25, -0.2) is 5.43 Å². The van der Waals surface area contributed by atoms with Gasteiger partial charge in [0.2, 0.25) is 5.88 Å². The fourth-order valence-electron chi connectivity index (χ4n) is 0.601. The van der Waals surface area contributed by atoms with Crippen molar-refractivity contribution in [2.24, 2.45) is 0 Å². The van der Waals surface area contributed by atoms with Crippen molar-refractivity contribution >= 4 is 0 Å². The zero-order valence-electron chi connectivity index (χ0n) is 5.01. The smallest absolute Gasteiger partial charge is 0.200 e. The Hall–Kier alpha value is -0.700. The topological polar surface area (TPSA) is 24.5 Å². The summed E-state index contributed by atoms with van der Waals surface area (Å²) in [6.07, 6.45) is 1.86. The summed E-state index contributed by atoms with van der Waals surface area (Å²) in [4.78, 5) is 0. The zero-order valence-corrected chi connectivity index (χ0v) is 5.01. The van der Waals surface area contributed by atoms with Gasteiger partial charge in [0.25, 0.3) is 0 Å². The number of hydrazine groups is 1. The third-order valence-electron chi connectivity index (χ3n) is 1.03. The molecule has 0 fully saturated rings. The monoisotopic (exact) mass is 113 g/mol. The van der Waals surface area contributed by atoms with Crippen LogP contribution in [0.3, 0.4) is 0 Å². The van der Waals surface area contributed by atoms with E-state index in [2.05, 4.69) is 5.43 Å². The molecule has 0 aromatic heterocycles. The zero-order chi connectivity index (χ0) is 5.98. The highest BCUT2D eigenvalue weighted by atomic mass is 16.5. The van der Waals surface area contributed by atoms with Crippen LogP contribution in [0.5, 0.6) is 0 Å². The Morgan fingerprint density at radius 2 is 2.50 bits per heavy atom. The van der Waals surface area contributed by atoms with Crippen LogP contribution in [-0.4, -0.2) is 19.2 Å². The molecule has 1 aliphatic rings. The van der Waals surface area contributed by atoms with Crippen molar-refractivity contribution in [3.63, 3.8) is 0 Å². The molecule has 0 spiro atoms. The molecule has 0 aliphatic carbocycles. The first-order valence-electron chi connectivity index (χ1n) is 2.42. The number of nitrogens with one attached hydrogen (secondary N) is 1. The second-order valence-corrected chi connectivity index (χ2v) is 1.56. The average molecular weight is 113 g/mol. The molecule has 0 aromatic rings. The lowest BCUT2D eigenvalue weighted by Crippen LogP contribution is -2.25. The first kappa shape index (κ1) is 5.44. The van der Waals surface area contributed by atoms with Gasteiger partial charge in [-0.1, -0.05) is 0 Å². The molecule has 0 saturated heterocycles. The van der Waals surface area contributed by atoms with Crippen LogP contribution in [0.25, 0.3) is 0 Å². The summed E-state index contributed by atoms with van der Waals surface area (Å²) in [6.45, 7) is 1.82. The van der Waals surface area contributed by atoms with Crippen LogP contribution in [0.2, 0.25) is 0 Å². The van der Waals surface area contributed by atoms with Crippen LogP contribution < -0.4 is 5.43 Å². The molecule has 0 saturated carbocycles. The lowest BCUT2D eigenvalue weighted by Gasteiger charge is -2.13. The normalized spacial score (nSPS) is 18.8. The summed E-state index contributed by atoms with van der Waals surface area (Å²) in [7, 11) is 3.53. The Bertz CT molecular complexity index is 111. The molecule has 0 atom stereocenters. The van der Waals surface area contributed by atoms with Gasteiger partial charge in [0.05, 0.1) is 13.7 Å². The van der Waals surface area contributed by atoms with Crippen LogP contribution in [0.4, 0.5) is 0 Å². The maximum absolute atomic E-state index is 4.92. The molecule has 45 valence electrons. The molecular formula is C5H9N2O. The second kappa shape index (κ2) is 2.05. The van der Waals surface area contributed by atoms with E-state index in [4.69, 9.17) is 4.74 Å². The van der Waals surface area contributed by atoms with Gasteiger partial charge in [0, 0.05) is 7.05 Å². The minimum Gasteiger partial charge on any atom is -0.482 e. The van der Waals surface area contributed by atoms with Gasteiger partial charge in [-0.15, -0.1) is 0 Å². The Morgan fingerprint density at radius 1 is 1.75 bits per heavy atom. The van der Waals surface area contributed by atoms with Crippen LogP contribution in [0.15, 0.2) is 12.0 Å². The van der Waals surface area contributed by atoms with E-state index in [1.807, 2.05) is 19.7 Å². The van der Waals surface area contributed by atoms with E-state index in [9.17, 15) is 0 Å². The number of methoxy groups -OCH3 is 1. The van der Waals surface area contributed by atoms with Crippen LogP contribution in [0.1, 0.15) is 0 Å². The van der Waals surface area contributed by atoms with Crippen LogP contribution >= 0.6 is 0 Å². The highest BCUT2D eigenvalue weighted by molar-refractivity contribution is 5.04. The molecule has 3 nitrogen and oxygen atoms in total. The molecule has 1 heterocycles. The van der Waals surface area contributed by atoms with Gasteiger partial charge in [-0.05, 0) is 6.08 Å². The summed E-state index contributed by atoms with van der Waals surface area (Å²) in [5, 5.41) is 1.79. The third kappa shape index (κ3) is 0.767. The number of hydrogen-bond acceptors (Lipinski definition) is 3. The Kier molecular flexibility index (Phi) is 1.39. The molecule has 3 heteroatoms. The lowest BCUT2D eigenvalue weighted by molar-refractivity contribution is 0.162. The van der Waals surface area contributed by atoms with Crippen molar-refractivity contribution in [3.8, 4) is 0 Å². The molecule has 8 heavy (non-hydrogen) atoms. The van der Waals surface area contributed by atoms with E-state index >= 15 is 0 Å². The summed E-state index contributed by atoms with van der Waals surface area (Å²) in [5.41, 5.74) is 2.91. The number of ether oxygens (including phenoxy) is 1. The summed E-state index contributed by atoms with van der Waals surface area (Å²) in [6, 6.07) is 0. The minimum atomic E-state index is 0.838. The Labute approximate surface area is 48.9 Å². The Morgan fingerprint density at radius 3 is 2.75 bits per heavy atom. The summed E-state index contributed by atoms with van der Waals surface area (Å²) >= 11 is 0. The number of nitrogens with zero attached hydrogens (tertiary/aromatic N) is 1. The van der Waals surface area contributed by atoms with Crippen molar-refractivity contribution in [2.75, 3.05) is 14.2 Å². The molecule has 1 aliphatic heterocycles. The van der Waals surface area contributed by atoms with E-state index in [0.29, 0.717) is 0 Å². The van der Waals surface area contributed by atoms with Crippen molar-refractivity contribution in [3.05, 3.63) is 18.5 Å². The predicted octanol–water partition coefficient (Wildman–Crippen LogP) is 0.0860. The standard InChI is InChI=1S/C5H9N2O/c1-7-5(8-2)3-4-6-7/h3-4,6H,1-2H3. The lowest BCUT2D eigenvalue weighted by atomic mass is 10.6. The van der Waals surface area contributed by atoms with Gasteiger partial charge in [-0.3, -0.25) is 5.01 Å². The first-order valence-corrected chi connectivity index (χ1v) is 2.42. The Balaban J connectivity index is 2.49. The number of rotatable bonds is 1. The number of hydrogen-bond donors (Lipinski definition) is 1. The average Bonchev–Trinajstić information content (AvgIpc) is 2.14. The second-order valence-electron chi connectivity index (χ2n) is 1.56. The quantitative estimate of drug-likeness (QED) is 0.521. The van der Waals surface area contributed by atoms with E-state index in [-0.39, 0.29) is 0 Å². The molecular weight excluding hydrogens is 104 g/mol. The third-order valence-corrected chi connectivity index (χ3v) is 1.03.